The first-order chi connectivity index (χ1) is 16.0. The van der Waals surface area contributed by atoms with Crippen LogP contribution in [0.4, 0.5) is 5.69 Å². The molecule has 0 unspecified atom stereocenters. The molecule has 3 aromatic carbocycles. The molecule has 0 aliphatic carbocycles. The van der Waals surface area contributed by atoms with E-state index < -0.39 is 0 Å². The second-order valence-electron chi connectivity index (χ2n) is 7.14. The smallest absolute Gasteiger partial charge is 0.255 e. The summed E-state index contributed by atoms with van der Waals surface area (Å²) in [4.78, 5) is 37.2. The fourth-order valence-corrected chi connectivity index (χ4v) is 3.06. The molecule has 3 amide bonds. The molecule has 0 atom stereocenters. The predicted octanol–water partition coefficient (Wildman–Crippen LogP) is 3.20. The molecule has 0 fully saturated rings. The summed E-state index contributed by atoms with van der Waals surface area (Å²) in [6.45, 7) is 0.685. The van der Waals surface area contributed by atoms with Crippen molar-refractivity contribution in [2.24, 2.45) is 0 Å². The van der Waals surface area contributed by atoms with Gasteiger partial charge in [-0.25, -0.2) is 0 Å². The van der Waals surface area contributed by atoms with Crippen LogP contribution in [0.5, 0.6) is 11.5 Å². The van der Waals surface area contributed by atoms with E-state index in [0.717, 1.165) is 0 Å². The van der Waals surface area contributed by atoms with Crippen LogP contribution in [0.25, 0.3) is 0 Å². The number of hydrogen-bond donors (Lipinski definition) is 4. The van der Waals surface area contributed by atoms with Crippen molar-refractivity contribution >= 4 is 23.4 Å². The Kier molecular flexibility index (Phi) is 8.02. The zero-order chi connectivity index (χ0) is 23.6. The molecule has 170 valence electrons. The molecule has 3 rings (SSSR count). The lowest BCUT2D eigenvalue weighted by Crippen LogP contribution is -2.30. The van der Waals surface area contributed by atoms with E-state index in [9.17, 15) is 19.5 Å². The van der Waals surface area contributed by atoms with Gasteiger partial charge < -0.3 is 25.8 Å². The largest absolute Gasteiger partial charge is 0.508 e. The first kappa shape index (κ1) is 23.3. The van der Waals surface area contributed by atoms with E-state index in [1.807, 2.05) is 0 Å². The summed E-state index contributed by atoms with van der Waals surface area (Å²) < 4.78 is 5.10. The van der Waals surface area contributed by atoms with Crippen LogP contribution in [0.3, 0.4) is 0 Å². The van der Waals surface area contributed by atoms with Gasteiger partial charge in [0.2, 0.25) is 0 Å². The Morgan fingerprint density at radius 3 is 2.18 bits per heavy atom. The number of carbonyl (C=O) groups excluding carboxylic acids is 3. The molecule has 8 heteroatoms. The van der Waals surface area contributed by atoms with Crippen molar-refractivity contribution in [2.75, 3.05) is 25.5 Å². The van der Waals surface area contributed by atoms with Gasteiger partial charge in [0.05, 0.1) is 18.4 Å². The number of phenols is 1. The Bertz CT molecular complexity index is 1130. The average Bonchev–Trinajstić information content (AvgIpc) is 2.84. The highest BCUT2D eigenvalue weighted by Crippen LogP contribution is 2.18. The van der Waals surface area contributed by atoms with E-state index in [1.165, 1.54) is 12.1 Å². The third-order valence-corrected chi connectivity index (χ3v) is 4.81. The van der Waals surface area contributed by atoms with Gasteiger partial charge in [-0.1, -0.05) is 18.2 Å². The van der Waals surface area contributed by atoms with E-state index in [-0.39, 0.29) is 23.5 Å². The van der Waals surface area contributed by atoms with Crippen LogP contribution in [0.15, 0.2) is 72.8 Å². The summed E-state index contributed by atoms with van der Waals surface area (Å²) in [5.74, 6) is -0.312. The Morgan fingerprint density at radius 2 is 1.48 bits per heavy atom. The Morgan fingerprint density at radius 1 is 0.788 bits per heavy atom. The van der Waals surface area contributed by atoms with Gasteiger partial charge >= 0.3 is 0 Å². The van der Waals surface area contributed by atoms with Crippen LogP contribution in [0.2, 0.25) is 0 Å². The molecule has 0 aromatic heterocycles. The number of nitrogens with one attached hydrogen (secondary N) is 3. The number of para-hydroxylation sites is 1. The van der Waals surface area contributed by atoms with E-state index >= 15 is 0 Å². The maximum absolute atomic E-state index is 12.6. The number of hydrogen-bond acceptors (Lipinski definition) is 5. The highest BCUT2D eigenvalue weighted by atomic mass is 16.5. The summed E-state index contributed by atoms with van der Waals surface area (Å²) >= 11 is 0. The van der Waals surface area contributed by atoms with Crippen molar-refractivity contribution in [1.82, 2.24) is 10.6 Å². The molecule has 0 radical (unpaired) electrons. The van der Waals surface area contributed by atoms with Gasteiger partial charge in [-0.3, -0.25) is 14.4 Å². The normalized spacial score (nSPS) is 10.2. The molecule has 8 nitrogen and oxygen atoms in total. The maximum atomic E-state index is 12.6. The molecule has 0 bridgehead atoms. The monoisotopic (exact) mass is 447 g/mol. The zero-order valence-electron chi connectivity index (χ0n) is 18.1. The summed E-state index contributed by atoms with van der Waals surface area (Å²) in [7, 11) is 1.55. The number of benzene rings is 3. The number of ether oxygens (including phenoxy) is 1. The van der Waals surface area contributed by atoms with Crippen molar-refractivity contribution in [2.45, 2.75) is 6.42 Å². The lowest BCUT2D eigenvalue weighted by molar-refractivity contribution is 0.0951. The summed E-state index contributed by atoms with van der Waals surface area (Å²) in [5.41, 5.74) is 1.53. The molecule has 0 saturated carbocycles. The molecular formula is C25H25N3O5. The number of amides is 3. The predicted molar refractivity (Wildman–Crippen MR) is 125 cm³/mol. The zero-order valence-corrected chi connectivity index (χ0v) is 18.1. The average molecular weight is 447 g/mol. The highest BCUT2D eigenvalue weighted by molar-refractivity contribution is 6.09. The van der Waals surface area contributed by atoms with Crippen molar-refractivity contribution in [3.63, 3.8) is 0 Å². The number of rotatable bonds is 9. The molecule has 0 heterocycles. The number of methoxy groups -OCH3 is 1. The Labute approximate surface area is 191 Å². The summed E-state index contributed by atoms with van der Waals surface area (Å²) in [6.07, 6.45) is 0.511. The first-order valence-corrected chi connectivity index (χ1v) is 10.4. The summed E-state index contributed by atoms with van der Waals surface area (Å²) in [5, 5.41) is 17.7. The van der Waals surface area contributed by atoms with E-state index in [4.69, 9.17) is 4.74 Å². The van der Waals surface area contributed by atoms with Gasteiger partial charge in [-0.15, -0.1) is 0 Å². The van der Waals surface area contributed by atoms with Crippen molar-refractivity contribution < 1.29 is 24.2 Å². The topological polar surface area (TPSA) is 117 Å². The van der Waals surface area contributed by atoms with Gasteiger partial charge in [0, 0.05) is 24.2 Å². The van der Waals surface area contributed by atoms with Crippen LogP contribution >= 0.6 is 0 Å². The molecule has 0 aliphatic heterocycles. The fourth-order valence-electron chi connectivity index (χ4n) is 3.06. The van der Waals surface area contributed by atoms with E-state index in [1.54, 1.807) is 67.8 Å². The molecule has 4 N–H and O–H groups in total. The minimum absolute atomic E-state index is 0.0210. The van der Waals surface area contributed by atoms with E-state index in [0.29, 0.717) is 47.6 Å². The van der Waals surface area contributed by atoms with Gasteiger partial charge in [0.15, 0.2) is 0 Å². The van der Waals surface area contributed by atoms with Crippen molar-refractivity contribution in [3.8, 4) is 11.5 Å². The molecule has 0 spiro atoms. The quantitative estimate of drug-likeness (QED) is 0.376. The van der Waals surface area contributed by atoms with Gasteiger partial charge in [-0.05, 0) is 61.0 Å². The maximum Gasteiger partial charge on any atom is 0.255 e. The van der Waals surface area contributed by atoms with Crippen molar-refractivity contribution in [1.29, 1.82) is 0 Å². The highest BCUT2D eigenvalue weighted by Gasteiger charge is 2.14. The van der Waals surface area contributed by atoms with Crippen molar-refractivity contribution in [3.05, 3.63) is 89.5 Å². The van der Waals surface area contributed by atoms with Gasteiger partial charge in [0.25, 0.3) is 17.7 Å². The van der Waals surface area contributed by atoms with E-state index in [2.05, 4.69) is 16.0 Å². The number of aromatic hydroxyl groups is 1. The van der Waals surface area contributed by atoms with Crippen LogP contribution in [0, 0.1) is 0 Å². The lowest BCUT2D eigenvalue weighted by Gasteiger charge is -2.12. The summed E-state index contributed by atoms with van der Waals surface area (Å²) in [6, 6.07) is 19.5. The minimum Gasteiger partial charge on any atom is -0.508 e. The van der Waals surface area contributed by atoms with Crippen LogP contribution in [0.1, 0.15) is 37.5 Å². The van der Waals surface area contributed by atoms with Gasteiger partial charge in [0.1, 0.15) is 11.5 Å². The molecule has 33 heavy (non-hydrogen) atoms. The van der Waals surface area contributed by atoms with Crippen LogP contribution < -0.4 is 20.7 Å². The number of carbonyl (C=O) groups is 3. The van der Waals surface area contributed by atoms with Crippen LogP contribution in [-0.4, -0.2) is 43.0 Å². The SMILES string of the molecule is COc1ccc(C(=O)Nc2ccccc2C(=O)NCCCNC(=O)c2cccc(O)c2)cc1. The third kappa shape index (κ3) is 6.57. The number of anilines is 1. The second kappa shape index (κ2) is 11.3. The molecule has 3 aromatic rings. The minimum atomic E-state index is -0.340. The molecule has 0 saturated heterocycles. The first-order valence-electron chi connectivity index (χ1n) is 10.4. The molecule has 0 aliphatic rings. The Balaban J connectivity index is 1.50. The number of phenolic OH excluding ortho intramolecular Hbond substituents is 1. The lowest BCUT2D eigenvalue weighted by atomic mass is 10.1. The standard InChI is InChI=1S/C25H25N3O5/c1-33-20-12-10-17(11-13-20)24(31)28-22-9-3-2-8-21(22)25(32)27-15-5-14-26-23(30)18-6-4-7-19(29)16-18/h2-4,6-13,16,29H,5,14-15H2,1H3,(H,26,30)(H,27,32)(H,28,31). The molecular weight excluding hydrogens is 422 g/mol. The van der Waals surface area contributed by atoms with Gasteiger partial charge in [-0.2, -0.15) is 0 Å². The fraction of sp³-hybridized carbons (Fsp3) is 0.160. The van der Waals surface area contributed by atoms with Crippen LogP contribution in [-0.2, 0) is 0 Å². The Hall–Kier alpha value is -4.33. The second-order valence-corrected chi connectivity index (χ2v) is 7.14. The third-order valence-electron chi connectivity index (χ3n) is 4.81.